The number of anilines is 1. The van der Waals surface area contributed by atoms with E-state index < -0.39 is 34.3 Å². The van der Waals surface area contributed by atoms with Gasteiger partial charge < -0.3 is 19.7 Å². The topological polar surface area (TPSA) is 105 Å². The van der Waals surface area contributed by atoms with Crippen molar-refractivity contribution in [3.63, 3.8) is 0 Å². The van der Waals surface area contributed by atoms with E-state index in [9.17, 15) is 22.4 Å². The Kier molecular flexibility index (Phi) is 10.3. The highest BCUT2D eigenvalue weighted by molar-refractivity contribution is 7.92. The largest absolute Gasteiger partial charge is 0.493 e. The minimum Gasteiger partial charge on any atom is -0.493 e. The summed E-state index contributed by atoms with van der Waals surface area (Å²) in [6.07, 6.45) is 0. The summed E-state index contributed by atoms with van der Waals surface area (Å²) in [6.45, 7) is 6.55. The molecular weight excluding hydrogens is 549 g/mol. The molecule has 0 fully saturated rings. The van der Waals surface area contributed by atoms with E-state index in [4.69, 9.17) is 9.47 Å². The van der Waals surface area contributed by atoms with Crippen molar-refractivity contribution in [1.29, 1.82) is 0 Å². The lowest BCUT2D eigenvalue weighted by molar-refractivity contribution is -0.139. The zero-order chi connectivity index (χ0) is 30.3. The lowest BCUT2D eigenvalue weighted by Crippen LogP contribution is -2.52. The van der Waals surface area contributed by atoms with Gasteiger partial charge in [-0.3, -0.25) is 13.9 Å². The molecule has 9 nitrogen and oxygen atoms in total. The minimum absolute atomic E-state index is 0.0703. The van der Waals surface area contributed by atoms with E-state index in [0.717, 1.165) is 27.6 Å². The molecule has 3 aromatic rings. The molecule has 0 saturated heterocycles. The van der Waals surface area contributed by atoms with Crippen LogP contribution < -0.4 is 19.1 Å². The number of rotatable bonds is 12. The normalized spacial score (nSPS) is 12.0. The number of nitrogens with one attached hydrogen (secondary N) is 1. The highest BCUT2D eigenvalue weighted by Crippen LogP contribution is 2.32. The number of hydrogen-bond donors (Lipinski definition) is 1. The van der Waals surface area contributed by atoms with Crippen molar-refractivity contribution in [3.8, 4) is 11.5 Å². The fraction of sp³-hybridized carbons (Fsp3) is 0.333. The van der Waals surface area contributed by atoms with Crippen molar-refractivity contribution >= 4 is 27.5 Å². The summed E-state index contributed by atoms with van der Waals surface area (Å²) in [4.78, 5) is 28.1. The van der Waals surface area contributed by atoms with Crippen LogP contribution in [-0.4, -0.2) is 58.0 Å². The Balaban J connectivity index is 2.07. The molecule has 1 N–H and O–H groups in total. The van der Waals surface area contributed by atoms with Gasteiger partial charge in [-0.05, 0) is 69.7 Å². The van der Waals surface area contributed by atoms with Crippen molar-refractivity contribution in [3.05, 3.63) is 83.7 Å². The third-order valence-electron chi connectivity index (χ3n) is 6.37. The second kappa shape index (κ2) is 13.5. The monoisotopic (exact) mass is 585 g/mol. The average molecular weight is 586 g/mol. The number of aryl methyl sites for hydroxylation is 1. The van der Waals surface area contributed by atoms with Gasteiger partial charge in [-0.1, -0.05) is 29.8 Å². The Morgan fingerprint density at radius 3 is 2.17 bits per heavy atom. The molecule has 3 rings (SSSR count). The summed E-state index contributed by atoms with van der Waals surface area (Å²) >= 11 is 0. The van der Waals surface area contributed by atoms with Crippen molar-refractivity contribution in [2.45, 2.75) is 51.2 Å². The maximum absolute atomic E-state index is 14.0. The standard InChI is InChI=1S/C30H36FN3O6S/c1-20(2)32-30(36)22(4)33(18-23-9-7-8-21(3)16-23)29(35)19-34(25-12-10-24(31)11-13-25)41(37,38)26-14-15-27(39-5)28(17-26)40-6/h7-17,20,22H,18-19H2,1-6H3,(H,32,36). The molecule has 11 heteroatoms. The first-order valence-electron chi connectivity index (χ1n) is 13.0. The van der Waals surface area contributed by atoms with E-state index in [-0.39, 0.29) is 34.8 Å². The Bertz CT molecular complexity index is 1480. The number of hydrogen-bond acceptors (Lipinski definition) is 6. The van der Waals surface area contributed by atoms with Gasteiger partial charge in [0.2, 0.25) is 11.8 Å². The molecule has 0 aromatic heterocycles. The third-order valence-corrected chi connectivity index (χ3v) is 8.14. The number of methoxy groups -OCH3 is 2. The lowest BCUT2D eigenvalue weighted by Gasteiger charge is -2.32. The number of carbonyl (C=O) groups excluding carboxylic acids is 2. The summed E-state index contributed by atoms with van der Waals surface area (Å²) in [6, 6.07) is 15.3. The Hall–Kier alpha value is -4.12. The number of nitrogens with zero attached hydrogens (tertiary/aromatic N) is 2. The van der Waals surface area contributed by atoms with Crippen molar-refractivity contribution in [2.75, 3.05) is 25.1 Å². The van der Waals surface area contributed by atoms with Gasteiger partial charge in [0.1, 0.15) is 18.4 Å². The molecule has 0 saturated carbocycles. The van der Waals surface area contributed by atoms with Gasteiger partial charge in [0, 0.05) is 18.7 Å². The van der Waals surface area contributed by atoms with Gasteiger partial charge >= 0.3 is 0 Å². The van der Waals surface area contributed by atoms with Crippen LogP contribution in [0.4, 0.5) is 10.1 Å². The minimum atomic E-state index is -4.37. The van der Waals surface area contributed by atoms with E-state index in [1.807, 2.05) is 45.0 Å². The molecule has 1 atom stereocenters. The summed E-state index contributed by atoms with van der Waals surface area (Å²) in [7, 11) is -1.57. The molecule has 1 unspecified atom stereocenters. The van der Waals surface area contributed by atoms with E-state index in [1.165, 1.54) is 49.5 Å². The summed E-state index contributed by atoms with van der Waals surface area (Å²) in [5, 5.41) is 2.81. The van der Waals surface area contributed by atoms with Crippen LogP contribution in [0.15, 0.2) is 71.6 Å². The van der Waals surface area contributed by atoms with Crippen molar-refractivity contribution in [2.24, 2.45) is 0 Å². The molecule has 220 valence electrons. The second-order valence-electron chi connectivity index (χ2n) is 9.85. The van der Waals surface area contributed by atoms with E-state index in [2.05, 4.69) is 5.32 Å². The SMILES string of the molecule is COc1ccc(S(=O)(=O)N(CC(=O)N(Cc2cccc(C)c2)C(C)C(=O)NC(C)C)c2ccc(F)cc2)cc1OC. The molecule has 0 spiro atoms. The predicted molar refractivity (Wildman–Crippen MR) is 155 cm³/mol. The van der Waals surface area contributed by atoms with Gasteiger partial charge in [0.25, 0.3) is 10.0 Å². The Morgan fingerprint density at radius 2 is 1.59 bits per heavy atom. The fourth-order valence-corrected chi connectivity index (χ4v) is 5.67. The smallest absolute Gasteiger partial charge is 0.264 e. The molecule has 0 aliphatic carbocycles. The molecule has 0 radical (unpaired) electrons. The number of carbonyl (C=O) groups is 2. The molecule has 0 aliphatic rings. The van der Waals surface area contributed by atoms with Gasteiger partial charge in [0.05, 0.1) is 24.8 Å². The third kappa shape index (κ3) is 7.75. The lowest BCUT2D eigenvalue weighted by atomic mass is 10.1. The zero-order valence-electron chi connectivity index (χ0n) is 24.0. The van der Waals surface area contributed by atoms with Crippen LogP contribution in [-0.2, 0) is 26.2 Å². The molecule has 2 amide bonds. The summed E-state index contributed by atoms with van der Waals surface area (Å²) in [5.74, 6) is -1.06. The highest BCUT2D eigenvalue weighted by atomic mass is 32.2. The second-order valence-corrected chi connectivity index (χ2v) is 11.7. The average Bonchev–Trinajstić information content (AvgIpc) is 2.93. The number of ether oxygens (including phenoxy) is 2. The van der Waals surface area contributed by atoms with E-state index in [0.29, 0.717) is 5.75 Å². The van der Waals surface area contributed by atoms with Crippen LogP contribution >= 0.6 is 0 Å². The predicted octanol–water partition coefficient (Wildman–Crippen LogP) is 4.29. The summed E-state index contributed by atoms with van der Waals surface area (Å²) < 4.78 is 53.2. The van der Waals surface area contributed by atoms with E-state index >= 15 is 0 Å². The van der Waals surface area contributed by atoms with Gasteiger partial charge in [0.15, 0.2) is 11.5 Å². The molecule has 0 bridgehead atoms. The highest BCUT2D eigenvalue weighted by Gasteiger charge is 2.33. The number of halogens is 1. The van der Waals surface area contributed by atoms with Crippen molar-refractivity contribution in [1.82, 2.24) is 10.2 Å². The van der Waals surface area contributed by atoms with Gasteiger partial charge in [-0.15, -0.1) is 0 Å². The van der Waals surface area contributed by atoms with Crippen LogP contribution in [0.3, 0.4) is 0 Å². The molecule has 0 heterocycles. The van der Waals surface area contributed by atoms with Gasteiger partial charge in [-0.25, -0.2) is 12.8 Å². The van der Waals surface area contributed by atoms with Crippen LogP contribution in [0.5, 0.6) is 11.5 Å². The first-order chi connectivity index (χ1) is 19.4. The van der Waals surface area contributed by atoms with Crippen LogP contribution in [0.25, 0.3) is 0 Å². The maximum Gasteiger partial charge on any atom is 0.264 e. The Labute approximate surface area is 240 Å². The van der Waals surface area contributed by atoms with Crippen LogP contribution in [0.1, 0.15) is 31.9 Å². The Morgan fingerprint density at radius 1 is 0.927 bits per heavy atom. The quantitative estimate of drug-likeness (QED) is 0.340. The zero-order valence-corrected chi connectivity index (χ0v) is 24.9. The number of sulfonamides is 1. The van der Waals surface area contributed by atoms with Crippen molar-refractivity contribution < 1.29 is 31.9 Å². The van der Waals surface area contributed by atoms with Crippen LogP contribution in [0, 0.1) is 12.7 Å². The van der Waals surface area contributed by atoms with Crippen LogP contribution in [0.2, 0.25) is 0 Å². The maximum atomic E-state index is 14.0. The molecule has 3 aromatic carbocycles. The number of amides is 2. The summed E-state index contributed by atoms with van der Waals surface area (Å²) in [5.41, 5.74) is 1.82. The molecule has 0 aliphatic heterocycles. The fourth-order valence-electron chi connectivity index (χ4n) is 4.24. The molecular formula is C30H36FN3O6S. The van der Waals surface area contributed by atoms with E-state index in [1.54, 1.807) is 6.92 Å². The van der Waals surface area contributed by atoms with Gasteiger partial charge in [-0.2, -0.15) is 0 Å². The molecule has 41 heavy (non-hydrogen) atoms. The number of benzene rings is 3. The first kappa shape index (κ1) is 31.4. The first-order valence-corrected chi connectivity index (χ1v) is 14.5.